The lowest BCUT2D eigenvalue weighted by Crippen LogP contribution is -2.50. The monoisotopic (exact) mass is 451 g/mol. The number of methoxy groups -OCH3 is 1. The molecule has 2 aromatic carbocycles. The minimum absolute atomic E-state index is 0.359. The zero-order valence-electron chi connectivity index (χ0n) is 17.6. The number of hydrogen-bond acceptors (Lipinski definition) is 5. The number of thiocarbonyl (C=S) groups is 1. The molecule has 31 heavy (non-hydrogen) atoms. The molecule has 1 aliphatic rings. The van der Waals surface area contributed by atoms with Crippen LogP contribution in [0.4, 0.5) is 10.7 Å². The first kappa shape index (κ1) is 21.3. The van der Waals surface area contributed by atoms with Crippen molar-refractivity contribution in [2.75, 3.05) is 43.5 Å². The number of nitrogens with one attached hydrogen (secondary N) is 1. The van der Waals surface area contributed by atoms with E-state index < -0.39 is 0 Å². The smallest absolute Gasteiger partial charge is 0.341 e. The number of esters is 1. The average Bonchev–Trinajstić information content (AvgIpc) is 3.15. The molecule has 4 rings (SSSR count). The Labute approximate surface area is 192 Å². The Morgan fingerprint density at radius 2 is 1.61 bits per heavy atom. The van der Waals surface area contributed by atoms with Gasteiger partial charge in [-0.2, -0.15) is 0 Å². The number of rotatable bonds is 4. The van der Waals surface area contributed by atoms with Gasteiger partial charge in [0, 0.05) is 42.3 Å². The number of nitrogens with zero attached hydrogens (tertiary/aromatic N) is 2. The number of para-hydroxylation sites is 1. The summed E-state index contributed by atoms with van der Waals surface area (Å²) in [4.78, 5) is 18.3. The van der Waals surface area contributed by atoms with Gasteiger partial charge in [-0.15, -0.1) is 11.3 Å². The van der Waals surface area contributed by atoms with Gasteiger partial charge >= 0.3 is 5.97 Å². The molecule has 1 aromatic heterocycles. The van der Waals surface area contributed by atoms with Gasteiger partial charge in [0.2, 0.25) is 0 Å². The Balaban J connectivity index is 1.52. The van der Waals surface area contributed by atoms with Crippen molar-refractivity contribution in [2.24, 2.45) is 0 Å². The quantitative estimate of drug-likeness (QED) is 0.443. The second kappa shape index (κ2) is 9.49. The number of thiophene rings is 1. The largest absolute Gasteiger partial charge is 0.465 e. The molecule has 3 aromatic rings. The van der Waals surface area contributed by atoms with Gasteiger partial charge in [0.1, 0.15) is 10.6 Å². The van der Waals surface area contributed by atoms with E-state index in [0.29, 0.717) is 10.7 Å². The van der Waals surface area contributed by atoms with Gasteiger partial charge in [0.15, 0.2) is 5.11 Å². The summed E-state index contributed by atoms with van der Waals surface area (Å²) in [6.45, 7) is 5.46. The molecule has 1 aliphatic heterocycles. The number of carbonyl (C=O) groups excluding carboxylic acids is 1. The summed E-state index contributed by atoms with van der Waals surface area (Å²) in [5, 5.41) is 4.71. The van der Waals surface area contributed by atoms with E-state index in [9.17, 15) is 4.79 Å². The number of anilines is 2. The average molecular weight is 452 g/mol. The van der Waals surface area contributed by atoms with Crippen molar-refractivity contribution in [3.8, 4) is 11.1 Å². The van der Waals surface area contributed by atoms with Gasteiger partial charge in [-0.3, -0.25) is 0 Å². The molecule has 0 unspecified atom stereocenters. The maximum atomic E-state index is 12.7. The zero-order chi connectivity index (χ0) is 21.8. The van der Waals surface area contributed by atoms with E-state index in [-0.39, 0.29) is 5.97 Å². The van der Waals surface area contributed by atoms with Gasteiger partial charge in [-0.05, 0) is 36.8 Å². The van der Waals surface area contributed by atoms with Crippen molar-refractivity contribution in [1.29, 1.82) is 0 Å². The molecule has 0 bridgehead atoms. The van der Waals surface area contributed by atoms with Crippen LogP contribution in [0.1, 0.15) is 15.2 Å². The molecule has 0 aliphatic carbocycles. The van der Waals surface area contributed by atoms with Gasteiger partial charge in [-0.25, -0.2) is 4.79 Å². The maximum Gasteiger partial charge on any atom is 0.341 e. The third kappa shape index (κ3) is 4.57. The first-order chi connectivity index (χ1) is 15.1. The number of benzene rings is 2. The standard InChI is InChI=1S/C24H25N3O2S2/c1-17-20(18-9-5-3-6-10-18)21(23(28)29-2)22(31-17)25-24(30)27-15-13-26(14-16-27)19-11-7-4-8-12-19/h3-12H,13-16H2,1-2H3,(H,25,30). The van der Waals surface area contributed by atoms with Crippen molar-refractivity contribution in [3.63, 3.8) is 0 Å². The Morgan fingerprint density at radius 3 is 2.23 bits per heavy atom. The fourth-order valence-electron chi connectivity index (χ4n) is 3.86. The molecule has 1 fully saturated rings. The Bertz CT molecular complexity index is 1060. The van der Waals surface area contributed by atoms with E-state index in [1.807, 2.05) is 43.3 Å². The summed E-state index contributed by atoms with van der Waals surface area (Å²) in [6, 6.07) is 20.3. The SMILES string of the molecule is COC(=O)c1c(NC(=S)N2CCN(c3ccccc3)CC2)sc(C)c1-c1ccccc1. The van der Waals surface area contributed by atoms with Crippen molar-refractivity contribution in [2.45, 2.75) is 6.92 Å². The van der Waals surface area contributed by atoms with E-state index >= 15 is 0 Å². The van der Waals surface area contributed by atoms with Crippen LogP contribution in [0, 0.1) is 6.92 Å². The summed E-state index contributed by atoms with van der Waals surface area (Å²) in [5.41, 5.74) is 3.67. The highest BCUT2D eigenvalue weighted by molar-refractivity contribution is 7.80. The third-order valence-corrected chi connectivity index (χ3v) is 6.83. The number of carbonyl (C=O) groups is 1. The molecule has 160 valence electrons. The first-order valence-corrected chi connectivity index (χ1v) is 11.4. The van der Waals surface area contributed by atoms with Crippen molar-refractivity contribution >= 4 is 45.3 Å². The molecule has 2 heterocycles. The van der Waals surface area contributed by atoms with Gasteiger partial charge in [-0.1, -0.05) is 48.5 Å². The Kier molecular flexibility index (Phi) is 6.53. The number of hydrogen-bond donors (Lipinski definition) is 1. The Morgan fingerprint density at radius 1 is 1.00 bits per heavy atom. The molecule has 0 spiro atoms. The lowest BCUT2D eigenvalue weighted by Gasteiger charge is -2.37. The lowest BCUT2D eigenvalue weighted by atomic mass is 10.0. The van der Waals surface area contributed by atoms with Crippen molar-refractivity contribution in [1.82, 2.24) is 4.90 Å². The minimum atomic E-state index is -0.359. The summed E-state index contributed by atoms with van der Waals surface area (Å²) in [7, 11) is 1.41. The van der Waals surface area contributed by atoms with Crippen LogP contribution in [0.3, 0.4) is 0 Å². The van der Waals surface area contributed by atoms with Gasteiger partial charge < -0.3 is 19.9 Å². The Hall–Kier alpha value is -2.90. The fraction of sp³-hybridized carbons (Fsp3) is 0.250. The highest BCUT2D eigenvalue weighted by Crippen LogP contribution is 2.40. The normalized spacial score (nSPS) is 13.7. The highest BCUT2D eigenvalue weighted by Gasteiger charge is 2.26. The van der Waals surface area contributed by atoms with Gasteiger partial charge in [0.25, 0.3) is 0 Å². The number of ether oxygens (including phenoxy) is 1. The van der Waals surface area contributed by atoms with Crippen molar-refractivity contribution in [3.05, 3.63) is 71.1 Å². The van der Waals surface area contributed by atoms with E-state index in [1.54, 1.807) is 0 Å². The lowest BCUT2D eigenvalue weighted by molar-refractivity contribution is 0.0603. The second-order valence-electron chi connectivity index (χ2n) is 7.33. The molecule has 1 N–H and O–H groups in total. The predicted octanol–water partition coefficient (Wildman–Crippen LogP) is 5.03. The molecule has 7 heteroatoms. The molecule has 0 radical (unpaired) electrons. The van der Waals surface area contributed by atoms with E-state index in [2.05, 4.69) is 39.4 Å². The van der Waals surface area contributed by atoms with Crippen LogP contribution in [0.5, 0.6) is 0 Å². The number of aryl methyl sites for hydroxylation is 1. The highest BCUT2D eigenvalue weighted by atomic mass is 32.1. The summed E-state index contributed by atoms with van der Waals surface area (Å²) < 4.78 is 5.11. The second-order valence-corrected chi connectivity index (χ2v) is 8.95. The van der Waals surface area contributed by atoms with Crippen LogP contribution in [0.2, 0.25) is 0 Å². The van der Waals surface area contributed by atoms with Gasteiger partial charge in [0.05, 0.1) is 7.11 Å². The fourth-order valence-corrected chi connectivity index (χ4v) is 5.28. The topological polar surface area (TPSA) is 44.8 Å². The number of piperazine rings is 1. The van der Waals surface area contributed by atoms with Crippen LogP contribution in [0.15, 0.2) is 60.7 Å². The van der Waals surface area contributed by atoms with Crippen LogP contribution in [-0.2, 0) is 4.74 Å². The molecule has 0 amide bonds. The van der Waals surface area contributed by atoms with E-state index in [1.165, 1.54) is 24.1 Å². The predicted molar refractivity (Wildman–Crippen MR) is 132 cm³/mol. The zero-order valence-corrected chi connectivity index (χ0v) is 19.3. The molecule has 1 saturated heterocycles. The molecule has 0 saturated carbocycles. The van der Waals surface area contributed by atoms with Crippen molar-refractivity contribution < 1.29 is 9.53 Å². The van der Waals surface area contributed by atoms with Crippen LogP contribution < -0.4 is 10.2 Å². The maximum absolute atomic E-state index is 12.7. The molecular formula is C24H25N3O2S2. The van der Waals surface area contributed by atoms with Crippen LogP contribution >= 0.6 is 23.6 Å². The molecule has 5 nitrogen and oxygen atoms in total. The first-order valence-electron chi connectivity index (χ1n) is 10.2. The van der Waals surface area contributed by atoms with Crippen LogP contribution in [-0.4, -0.2) is 49.3 Å². The molecule has 0 atom stereocenters. The third-order valence-electron chi connectivity index (χ3n) is 5.44. The van der Waals surface area contributed by atoms with Crippen LogP contribution in [0.25, 0.3) is 11.1 Å². The summed E-state index contributed by atoms with van der Waals surface area (Å²) in [5.74, 6) is -0.359. The minimum Gasteiger partial charge on any atom is -0.465 e. The molecular weight excluding hydrogens is 426 g/mol. The summed E-state index contributed by atoms with van der Waals surface area (Å²) in [6.07, 6.45) is 0. The van der Waals surface area contributed by atoms with E-state index in [4.69, 9.17) is 17.0 Å². The van der Waals surface area contributed by atoms with E-state index in [0.717, 1.165) is 47.2 Å². The summed E-state index contributed by atoms with van der Waals surface area (Å²) >= 11 is 7.25.